The van der Waals surface area contributed by atoms with E-state index in [1.807, 2.05) is 54.5 Å². The molecule has 3 heterocycles. The lowest BCUT2D eigenvalue weighted by molar-refractivity contribution is 0.723. The van der Waals surface area contributed by atoms with Crippen LogP contribution in [-0.2, 0) is 5.41 Å². The van der Waals surface area contributed by atoms with E-state index in [-0.39, 0.29) is 0 Å². The van der Waals surface area contributed by atoms with Crippen LogP contribution in [0.25, 0.3) is 66.9 Å². The first-order chi connectivity index (χ1) is 26.8. The molecule has 2 aliphatic rings. The van der Waals surface area contributed by atoms with Crippen molar-refractivity contribution in [3.05, 3.63) is 211 Å². The lowest BCUT2D eigenvalue weighted by Gasteiger charge is -2.40. The monoisotopic (exact) mass is 705 g/mol. The van der Waals surface area contributed by atoms with Gasteiger partial charge < -0.3 is 0 Å². The lowest BCUT2D eigenvalue weighted by Crippen LogP contribution is -2.32. The molecule has 0 saturated heterocycles. The summed E-state index contributed by atoms with van der Waals surface area (Å²) in [5.41, 5.74) is 16.2. The van der Waals surface area contributed by atoms with Crippen molar-refractivity contribution < 1.29 is 0 Å². The number of benzene rings is 7. The van der Waals surface area contributed by atoms with Gasteiger partial charge in [-0.15, -0.1) is 0 Å². The minimum Gasteiger partial charge on any atom is -0.256 e. The van der Waals surface area contributed by atoms with Crippen molar-refractivity contribution in [1.29, 1.82) is 0 Å². The Kier molecular flexibility index (Phi) is 7.01. The molecule has 252 valence electrons. The van der Waals surface area contributed by atoms with Gasteiger partial charge in [-0.2, -0.15) is 0 Å². The van der Waals surface area contributed by atoms with Crippen LogP contribution < -0.4 is 0 Å². The molecule has 3 nitrogen and oxygen atoms in total. The largest absolute Gasteiger partial charge is 0.256 e. The third-order valence-corrected chi connectivity index (χ3v) is 12.2. The molecule has 4 heteroatoms. The smallest absolute Gasteiger partial charge is 0.159 e. The van der Waals surface area contributed by atoms with E-state index in [9.17, 15) is 0 Å². The van der Waals surface area contributed by atoms with Crippen LogP contribution in [0.1, 0.15) is 22.3 Å². The predicted molar refractivity (Wildman–Crippen MR) is 221 cm³/mol. The molecule has 0 atom stereocenters. The molecule has 0 unspecified atom stereocenters. The van der Waals surface area contributed by atoms with Crippen molar-refractivity contribution in [1.82, 2.24) is 15.0 Å². The highest BCUT2D eigenvalue weighted by Crippen LogP contribution is 2.62. The Morgan fingerprint density at radius 3 is 1.76 bits per heavy atom. The maximum Gasteiger partial charge on any atom is 0.159 e. The van der Waals surface area contributed by atoms with Gasteiger partial charge in [0, 0.05) is 44.3 Å². The first kappa shape index (κ1) is 31.0. The first-order valence-electron chi connectivity index (χ1n) is 18.3. The summed E-state index contributed by atoms with van der Waals surface area (Å²) in [6.07, 6.45) is 3.73. The standard InChI is InChI=1S/C50H31N3S/c1-2-10-33(11-3-1)45-27-29-52-49(53-45)35-21-19-32(20-22-35)36-23-25-43-46(30-36)54-47-31-37(38-16-8-12-34-13-9-28-51-48(34)38)24-26-44(47)50(43)41-17-6-4-14-39(41)40-15-5-7-18-42(40)50/h1-31H. The summed E-state index contributed by atoms with van der Waals surface area (Å²) in [6, 6.07) is 63.6. The number of aromatic nitrogens is 3. The molecule has 0 fully saturated rings. The predicted octanol–water partition coefficient (Wildman–Crippen LogP) is 12.5. The Hall–Kier alpha value is -6.62. The number of nitrogens with zero attached hydrogens (tertiary/aromatic N) is 3. The highest BCUT2D eigenvalue weighted by Gasteiger charge is 2.50. The molecule has 54 heavy (non-hydrogen) atoms. The fraction of sp³-hybridized carbons (Fsp3) is 0.0200. The van der Waals surface area contributed by atoms with Gasteiger partial charge in [-0.25, -0.2) is 9.97 Å². The molecule has 7 aromatic carbocycles. The second-order valence-electron chi connectivity index (χ2n) is 14.0. The molecule has 0 N–H and O–H groups in total. The van der Waals surface area contributed by atoms with E-state index in [0.29, 0.717) is 0 Å². The molecule has 1 spiro atoms. The SMILES string of the molecule is c1ccc(-c2ccnc(-c3ccc(-c4ccc5c(c4)Sc4cc(-c6cccc7cccnc67)ccc4C54c5ccccc5-c5ccccc54)cc3)n2)cc1. The fourth-order valence-electron chi connectivity index (χ4n) is 8.68. The average molecular weight is 706 g/mol. The van der Waals surface area contributed by atoms with Crippen LogP contribution in [0, 0.1) is 0 Å². The van der Waals surface area contributed by atoms with Crippen molar-refractivity contribution >= 4 is 22.7 Å². The van der Waals surface area contributed by atoms with E-state index in [4.69, 9.17) is 9.97 Å². The summed E-state index contributed by atoms with van der Waals surface area (Å²) in [5, 5.41) is 1.15. The van der Waals surface area contributed by atoms with Gasteiger partial charge in [0.25, 0.3) is 0 Å². The fourth-order valence-corrected chi connectivity index (χ4v) is 9.95. The zero-order chi connectivity index (χ0) is 35.6. The molecule has 9 aromatic rings. The highest BCUT2D eigenvalue weighted by atomic mass is 32.2. The number of fused-ring (bicyclic) bond motifs is 10. The highest BCUT2D eigenvalue weighted by molar-refractivity contribution is 7.99. The van der Waals surface area contributed by atoms with Gasteiger partial charge in [0.15, 0.2) is 5.82 Å². The van der Waals surface area contributed by atoms with Crippen molar-refractivity contribution in [3.8, 4) is 56.0 Å². The molecule has 0 amide bonds. The van der Waals surface area contributed by atoms with Crippen LogP contribution in [0.2, 0.25) is 0 Å². The molecule has 2 aromatic heterocycles. The third kappa shape index (κ3) is 4.67. The van der Waals surface area contributed by atoms with Crippen LogP contribution in [0.15, 0.2) is 198 Å². The molecule has 0 radical (unpaired) electrons. The van der Waals surface area contributed by atoms with Crippen molar-refractivity contribution in [2.24, 2.45) is 0 Å². The van der Waals surface area contributed by atoms with Crippen molar-refractivity contribution in [2.75, 3.05) is 0 Å². The van der Waals surface area contributed by atoms with Gasteiger partial charge >= 0.3 is 0 Å². The molecule has 11 rings (SSSR count). The van der Waals surface area contributed by atoms with Gasteiger partial charge in [0.05, 0.1) is 16.6 Å². The van der Waals surface area contributed by atoms with Gasteiger partial charge in [0.2, 0.25) is 0 Å². The molecule has 1 aliphatic heterocycles. The Morgan fingerprint density at radius 2 is 1.00 bits per heavy atom. The van der Waals surface area contributed by atoms with E-state index in [2.05, 4.69) is 151 Å². The summed E-state index contributed by atoms with van der Waals surface area (Å²) in [5.74, 6) is 0.721. The van der Waals surface area contributed by atoms with Crippen LogP contribution in [0.5, 0.6) is 0 Å². The summed E-state index contributed by atoms with van der Waals surface area (Å²) in [6.45, 7) is 0. The minimum atomic E-state index is -0.442. The van der Waals surface area contributed by atoms with E-state index < -0.39 is 5.41 Å². The summed E-state index contributed by atoms with van der Waals surface area (Å²) >= 11 is 1.87. The summed E-state index contributed by atoms with van der Waals surface area (Å²) in [7, 11) is 0. The molecule has 1 aliphatic carbocycles. The second-order valence-corrected chi connectivity index (χ2v) is 15.0. The topological polar surface area (TPSA) is 38.7 Å². The van der Waals surface area contributed by atoms with Crippen molar-refractivity contribution in [2.45, 2.75) is 15.2 Å². The first-order valence-corrected chi connectivity index (χ1v) is 19.1. The second kappa shape index (κ2) is 12.2. The third-order valence-electron chi connectivity index (χ3n) is 11.1. The Labute approximate surface area is 318 Å². The number of rotatable bonds is 4. The summed E-state index contributed by atoms with van der Waals surface area (Å²) in [4.78, 5) is 16.9. The summed E-state index contributed by atoms with van der Waals surface area (Å²) < 4.78 is 0. The Morgan fingerprint density at radius 1 is 0.389 bits per heavy atom. The number of hydrogen-bond acceptors (Lipinski definition) is 4. The lowest BCUT2D eigenvalue weighted by atomic mass is 9.67. The molecular weight excluding hydrogens is 675 g/mol. The van der Waals surface area contributed by atoms with Gasteiger partial charge in [-0.3, -0.25) is 4.98 Å². The average Bonchev–Trinajstić information content (AvgIpc) is 3.54. The molecule has 0 saturated carbocycles. The van der Waals surface area contributed by atoms with E-state index >= 15 is 0 Å². The van der Waals surface area contributed by atoms with Gasteiger partial charge in [-0.05, 0) is 74.3 Å². The zero-order valence-corrected chi connectivity index (χ0v) is 30.0. The van der Waals surface area contributed by atoms with Crippen LogP contribution in [0.3, 0.4) is 0 Å². The van der Waals surface area contributed by atoms with E-state index in [1.165, 1.54) is 54.3 Å². The van der Waals surface area contributed by atoms with Crippen LogP contribution in [0.4, 0.5) is 0 Å². The minimum absolute atomic E-state index is 0.442. The number of hydrogen-bond donors (Lipinski definition) is 0. The van der Waals surface area contributed by atoms with Crippen LogP contribution >= 0.6 is 11.8 Å². The van der Waals surface area contributed by atoms with E-state index in [0.717, 1.165) is 44.7 Å². The molecule has 0 bridgehead atoms. The number of pyridine rings is 1. The van der Waals surface area contributed by atoms with Crippen LogP contribution in [-0.4, -0.2) is 15.0 Å². The molecular formula is C50H31N3S. The maximum atomic E-state index is 4.90. The van der Waals surface area contributed by atoms with E-state index in [1.54, 1.807) is 0 Å². The normalized spacial score (nSPS) is 13.3. The van der Waals surface area contributed by atoms with Gasteiger partial charge in [-0.1, -0.05) is 163 Å². The quantitative estimate of drug-likeness (QED) is 0.183. The zero-order valence-electron chi connectivity index (χ0n) is 29.1. The Bertz CT molecular complexity index is 2870. The van der Waals surface area contributed by atoms with Gasteiger partial charge in [0.1, 0.15) is 0 Å². The number of para-hydroxylation sites is 1. The maximum absolute atomic E-state index is 4.90. The Balaban J connectivity index is 1.06. The van der Waals surface area contributed by atoms with Crippen molar-refractivity contribution in [3.63, 3.8) is 0 Å².